The number of carbonyl (C=O) groups excluding carboxylic acids is 1. The Morgan fingerprint density at radius 3 is 2.46 bits per heavy atom. The summed E-state index contributed by atoms with van der Waals surface area (Å²) in [5.74, 6) is 0.367. The molecular weight excluding hydrogens is 523 g/mol. The van der Waals surface area contributed by atoms with E-state index in [2.05, 4.69) is 10.3 Å². The molecule has 0 bridgehead atoms. The number of carbonyl (C=O) groups is 1. The van der Waals surface area contributed by atoms with Crippen molar-refractivity contribution in [1.82, 2.24) is 24.0 Å². The van der Waals surface area contributed by atoms with Crippen molar-refractivity contribution < 1.29 is 14.3 Å². The fourth-order valence-electron chi connectivity index (χ4n) is 5.41. The minimum Gasteiger partial charge on any atom is -0.390 e. The predicted molar refractivity (Wildman–Crippen MR) is 150 cm³/mol. The molecule has 0 radical (unpaired) electrons. The van der Waals surface area contributed by atoms with E-state index in [1.165, 1.54) is 16.7 Å². The Labute approximate surface area is 233 Å². The van der Waals surface area contributed by atoms with Gasteiger partial charge < -0.3 is 15.3 Å². The molecular formula is C28H36ClFN6O3. The first-order chi connectivity index (χ1) is 18.2. The normalized spacial score (nSPS) is 19.7. The third kappa shape index (κ3) is 6.67. The van der Waals surface area contributed by atoms with Crippen LogP contribution in [0.25, 0.3) is 17.1 Å². The Balaban J connectivity index is 0.00000353. The molecule has 1 aliphatic carbocycles. The van der Waals surface area contributed by atoms with Crippen LogP contribution in [0.5, 0.6) is 0 Å². The van der Waals surface area contributed by atoms with Gasteiger partial charge in [-0.1, -0.05) is 0 Å². The lowest BCUT2D eigenvalue weighted by Crippen LogP contribution is -2.41. The monoisotopic (exact) mass is 558 g/mol. The first-order valence-corrected chi connectivity index (χ1v) is 13.4. The van der Waals surface area contributed by atoms with Gasteiger partial charge in [0.1, 0.15) is 5.82 Å². The maximum Gasteiger partial charge on any atom is 0.333 e. The summed E-state index contributed by atoms with van der Waals surface area (Å²) in [5, 5.41) is 13.6. The Bertz CT molecular complexity index is 1340. The average molecular weight is 559 g/mol. The number of imidazole rings is 1. The van der Waals surface area contributed by atoms with Crippen molar-refractivity contribution in [3.63, 3.8) is 0 Å². The second-order valence-corrected chi connectivity index (χ2v) is 11.0. The number of aromatic nitrogens is 4. The van der Waals surface area contributed by atoms with E-state index in [0.29, 0.717) is 48.5 Å². The quantitative estimate of drug-likeness (QED) is 0.430. The molecule has 0 atom stereocenters. The van der Waals surface area contributed by atoms with Crippen LogP contribution >= 0.6 is 12.4 Å². The molecule has 1 amide bonds. The third-order valence-electron chi connectivity index (χ3n) is 7.50. The number of benzene rings is 1. The van der Waals surface area contributed by atoms with Gasteiger partial charge >= 0.3 is 5.69 Å². The topological polar surface area (TPSA) is 105 Å². The minimum absolute atomic E-state index is 0. The van der Waals surface area contributed by atoms with E-state index >= 15 is 0 Å². The summed E-state index contributed by atoms with van der Waals surface area (Å²) in [7, 11) is 0. The molecule has 1 aromatic carbocycles. The van der Waals surface area contributed by atoms with Gasteiger partial charge in [0.05, 0.1) is 22.7 Å². The number of halogens is 2. The van der Waals surface area contributed by atoms with Gasteiger partial charge in [-0.2, -0.15) is 0 Å². The van der Waals surface area contributed by atoms with Crippen molar-refractivity contribution in [3.8, 4) is 17.1 Å². The van der Waals surface area contributed by atoms with Crippen LogP contribution in [0.3, 0.4) is 0 Å². The summed E-state index contributed by atoms with van der Waals surface area (Å²) in [6.07, 6.45) is 9.16. The molecule has 210 valence electrons. The zero-order chi connectivity index (χ0) is 26.9. The van der Waals surface area contributed by atoms with E-state index in [1.807, 2.05) is 4.90 Å². The molecule has 0 unspecified atom stereocenters. The highest BCUT2D eigenvalue weighted by Crippen LogP contribution is 2.28. The fraction of sp³-hybridized carbons (Fsp3) is 0.500. The van der Waals surface area contributed by atoms with Gasteiger partial charge in [0, 0.05) is 44.0 Å². The lowest BCUT2D eigenvalue weighted by Gasteiger charge is -2.34. The van der Waals surface area contributed by atoms with Crippen LogP contribution < -0.4 is 11.0 Å². The Morgan fingerprint density at radius 2 is 1.82 bits per heavy atom. The summed E-state index contributed by atoms with van der Waals surface area (Å²) < 4.78 is 16.7. The Kier molecular flexibility index (Phi) is 8.76. The average Bonchev–Trinajstić information content (AvgIpc) is 3.46. The van der Waals surface area contributed by atoms with Crippen molar-refractivity contribution >= 4 is 24.3 Å². The van der Waals surface area contributed by atoms with Crippen LogP contribution in [-0.4, -0.2) is 59.2 Å². The van der Waals surface area contributed by atoms with Gasteiger partial charge in [0.15, 0.2) is 0 Å². The highest BCUT2D eigenvalue weighted by Gasteiger charge is 2.31. The number of aliphatic hydroxyl groups is 1. The Hall–Kier alpha value is -3.24. The van der Waals surface area contributed by atoms with Crippen molar-refractivity contribution in [3.05, 3.63) is 59.0 Å². The Morgan fingerprint density at radius 1 is 1.10 bits per heavy atom. The van der Waals surface area contributed by atoms with Crippen molar-refractivity contribution in [2.45, 2.75) is 83.0 Å². The van der Waals surface area contributed by atoms with Crippen molar-refractivity contribution in [2.24, 2.45) is 0 Å². The summed E-state index contributed by atoms with van der Waals surface area (Å²) in [6, 6.07) is 8.03. The molecule has 2 aliphatic rings. The number of aryl methyl sites for hydroxylation is 1. The molecule has 1 saturated carbocycles. The number of likely N-dealkylation sites (tertiary alicyclic amines) is 1. The zero-order valence-electron chi connectivity index (χ0n) is 22.3. The summed E-state index contributed by atoms with van der Waals surface area (Å²) in [4.78, 5) is 36.7. The molecule has 9 nitrogen and oxygen atoms in total. The SMILES string of the molecule is CC(C)(O)CCn1cc(-c2ccnc(NC3CCC(N4CCCC4=O)CC3)n2)n(-c2ccc(F)cc2)c1=O.Cl. The second kappa shape index (κ2) is 11.9. The molecule has 2 N–H and O–H groups in total. The van der Waals surface area contributed by atoms with Gasteiger partial charge in [-0.25, -0.2) is 19.2 Å². The van der Waals surface area contributed by atoms with Gasteiger partial charge in [0.25, 0.3) is 0 Å². The lowest BCUT2D eigenvalue weighted by molar-refractivity contribution is -0.130. The minimum atomic E-state index is -0.926. The van der Waals surface area contributed by atoms with Gasteiger partial charge in [0.2, 0.25) is 11.9 Å². The third-order valence-corrected chi connectivity index (χ3v) is 7.50. The molecule has 2 fully saturated rings. The maximum absolute atomic E-state index is 13.6. The van der Waals surface area contributed by atoms with Crippen molar-refractivity contribution in [1.29, 1.82) is 0 Å². The van der Waals surface area contributed by atoms with Crippen LogP contribution in [-0.2, 0) is 11.3 Å². The first-order valence-electron chi connectivity index (χ1n) is 13.4. The number of nitrogens with zero attached hydrogens (tertiary/aromatic N) is 5. The van der Waals surface area contributed by atoms with E-state index in [-0.39, 0.29) is 35.9 Å². The van der Waals surface area contributed by atoms with Crippen LogP contribution in [0.15, 0.2) is 47.5 Å². The zero-order valence-corrected chi connectivity index (χ0v) is 23.2. The predicted octanol–water partition coefficient (Wildman–Crippen LogP) is 4.16. The molecule has 5 rings (SSSR count). The van der Waals surface area contributed by atoms with Gasteiger partial charge in [-0.05, 0) is 82.7 Å². The number of nitrogens with one attached hydrogen (secondary N) is 1. The van der Waals surface area contributed by atoms with Crippen LogP contribution in [0.1, 0.15) is 58.8 Å². The number of amides is 1. The van der Waals surface area contributed by atoms with E-state index < -0.39 is 5.60 Å². The second-order valence-electron chi connectivity index (χ2n) is 11.0. The molecule has 2 aromatic heterocycles. The number of anilines is 1. The molecule has 0 spiro atoms. The smallest absolute Gasteiger partial charge is 0.333 e. The molecule has 11 heteroatoms. The van der Waals surface area contributed by atoms with E-state index in [1.54, 1.807) is 49.0 Å². The van der Waals surface area contributed by atoms with Gasteiger partial charge in [-0.3, -0.25) is 13.9 Å². The summed E-state index contributed by atoms with van der Waals surface area (Å²) >= 11 is 0. The van der Waals surface area contributed by atoms with Crippen LogP contribution in [0.2, 0.25) is 0 Å². The number of hydrogen-bond acceptors (Lipinski definition) is 6. The first kappa shape index (κ1) is 28.8. The molecule has 3 heterocycles. The van der Waals surface area contributed by atoms with E-state index in [9.17, 15) is 19.1 Å². The standard InChI is InChI=1S/C28H35FN6O3.ClH/c1-28(2,38)14-17-33-18-24(35(27(33)37)22-9-5-19(29)6-10-22)23-13-15-30-26(32-23)31-20-7-11-21(12-8-20)34-16-3-4-25(34)36;/h5-6,9-10,13,15,18,20-21,38H,3-4,7-8,11-12,14,16-17H2,1-2H3,(H,30,31,32);1H. The molecule has 3 aromatic rings. The molecule has 1 saturated heterocycles. The van der Waals surface area contributed by atoms with E-state index in [4.69, 9.17) is 4.98 Å². The molecule has 39 heavy (non-hydrogen) atoms. The van der Waals surface area contributed by atoms with Crippen LogP contribution in [0.4, 0.5) is 10.3 Å². The maximum atomic E-state index is 13.6. The van der Waals surface area contributed by atoms with Gasteiger partial charge in [-0.15, -0.1) is 12.4 Å². The van der Waals surface area contributed by atoms with Crippen LogP contribution in [0, 0.1) is 5.82 Å². The molecule has 1 aliphatic heterocycles. The van der Waals surface area contributed by atoms with Crippen molar-refractivity contribution in [2.75, 3.05) is 11.9 Å². The number of hydrogen-bond donors (Lipinski definition) is 2. The lowest BCUT2D eigenvalue weighted by atomic mass is 9.90. The van der Waals surface area contributed by atoms with E-state index in [0.717, 1.165) is 38.6 Å². The highest BCUT2D eigenvalue weighted by atomic mass is 35.5. The highest BCUT2D eigenvalue weighted by molar-refractivity contribution is 5.85. The number of rotatable bonds is 8. The largest absolute Gasteiger partial charge is 0.390 e. The summed E-state index contributed by atoms with van der Waals surface area (Å²) in [5.41, 5.74) is 0.418. The summed E-state index contributed by atoms with van der Waals surface area (Å²) in [6.45, 7) is 4.60. The fourth-order valence-corrected chi connectivity index (χ4v) is 5.41.